The molecule has 0 unspecified atom stereocenters. The van der Waals surface area contributed by atoms with Crippen molar-refractivity contribution in [2.45, 2.75) is 51.1 Å². The number of H-pyrrole nitrogens is 1. The second-order valence-electron chi connectivity index (χ2n) is 6.36. The summed E-state index contributed by atoms with van der Waals surface area (Å²) in [5.74, 6) is -3.90. The van der Waals surface area contributed by atoms with E-state index in [9.17, 15) is 23.9 Å². The SMILES string of the molecule is [2H][C@@]1(n2cc(CO)c(=O)[nH]c2=O)O[C@](F)(COC(=O)[C@@H](N)C(C)C)C[C@H]1O. The van der Waals surface area contributed by atoms with E-state index in [-0.39, 0.29) is 11.5 Å². The van der Waals surface area contributed by atoms with Crippen LogP contribution >= 0.6 is 0 Å². The van der Waals surface area contributed by atoms with Crippen LogP contribution in [0.1, 0.15) is 33.4 Å². The molecule has 11 heteroatoms. The number of aliphatic hydroxyl groups is 2. The molecule has 0 bridgehead atoms. The van der Waals surface area contributed by atoms with Gasteiger partial charge >= 0.3 is 11.7 Å². The summed E-state index contributed by atoms with van der Waals surface area (Å²) in [6, 6.07) is -0.991. The second-order valence-corrected chi connectivity index (χ2v) is 6.36. The summed E-state index contributed by atoms with van der Waals surface area (Å²) in [5.41, 5.74) is 3.27. The Bertz CT molecular complexity index is 828. The molecule has 10 nitrogen and oxygen atoms in total. The fraction of sp³-hybridized carbons (Fsp3) is 0.667. The number of rotatable bonds is 6. The highest BCUT2D eigenvalue weighted by Gasteiger charge is 2.49. The second kappa shape index (κ2) is 7.66. The van der Waals surface area contributed by atoms with Crippen molar-refractivity contribution in [3.8, 4) is 0 Å². The van der Waals surface area contributed by atoms with E-state index in [0.29, 0.717) is 4.57 Å². The smallest absolute Gasteiger partial charge is 0.330 e. The standard InChI is InChI=1S/C15H22FN3O7/c1-7(2)10(17)13(23)25-6-15(16)3-9(21)12(26-15)19-4-8(5-20)11(22)18-14(19)24/h4,7,9-10,12,20-21H,3,5-6,17H2,1-2H3,(H,18,22,24)/t9-,10+,12-,15+/m1/s1/i12D. The van der Waals surface area contributed by atoms with Gasteiger partial charge in [0.2, 0.25) is 5.85 Å². The van der Waals surface area contributed by atoms with Crippen molar-refractivity contribution in [2.24, 2.45) is 11.7 Å². The first-order valence-corrected chi connectivity index (χ1v) is 7.89. The number of hydrogen-bond donors (Lipinski definition) is 4. The maximum Gasteiger partial charge on any atom is 0.330 e. The zero-order valence-electron chi connectivity index (χ0n) is 15.3. The molecule has 5 N–H and O–H groups in total. The first-order valence-electron chi connectivity index (χ1n) is 8.39. The highest BCUT2D eigenvalue weighted by Crippen LogP contribution is 2.37. The Kier molecular flexibility index (Phi) is 5.51. The van der Waals surface area contributed by atoms with Crippen molar-refractivity contribution >= 4 is 5.97 Å². The number of ether oxygens (including phenoxy) is 2. The van der Waals surface area contributed by atoms with E-state index >= 15 is 0 Å². The molecule has 2 heterocycles. The monoisotopic (exact) mass is 376 g/mol. The van der Waals surface area contributed by atoms with E-state index in [1.165, 1.54) is 0 Å². The van der Waals surface area contributed by atoms with Crippen LogP contribution in [0.5, 0.6) is 0 Å². The Morgan fingerprint density at radius 1 is 1.65 bits per heavy atom. The normalized spacial score (nSPS) is 30.3. The average Bonchev–Trinajstić information content (AvgIpc) is 2.82. The van der Waals surface area contributed by atoms with Crippen LogP contribution in [0.15, 0.2) is 15.8 Å². The number of carbonyl (C=O) groups is 1. The van der Waals surface area contributed by atoms with Gasteiger partial charge in [0, 0.05) is 12.6 Å². The summed E-state index contributed by atoms with van der Waals surface area (Å²) in [7, 11) is 0. The van der Waals surface area contributed by atoms with Gasteiger partial charge in [-0.15, -0.1) is 0 Å². The zero-order valence-corrected chi connectivity index (χ0v) is 14.3. The maximum absolute atomic E-state index is 14.9. The number of esters is 1. The maximum atomic E-state index is 14.9. The van der Waals surface area contributed by atoms with Gasteiger partial charge in [0.15, 0.2) is 12.8 Å². The molecule has 0 radical (unpaired) electrons. The molecule has 2 rings (SSSR count). The van der Waals surface area contributed by atoms with Gasteiger partial charge in [0.1, 0.15) is 12.1 Å². The van der Waals surface area contributed by atoms with Gasteiger partial charge < -0.3 is 25.4 Å². The molecule has 0 spiro atoms. The molecule has 1 saturated heterocycles. The van der Waals surface area contributed by atoms with E-state index in [4.69, 9.17) is 21.7 Å². The van der Waals surface area contributed by atoms with Crippen molar-refractivity contribution in [1.82, 2.24) is 9.55 Å². The van der Waals surface area contributed by atoms with Crippen LogP contribution in [-0.4, -0.2) is 50.3 Å². The van der Waals surface area contributed by atoms with Crippen molar-refractivity contribution in [3.05, 3.63) is 32.6 Å². The number of halogens is 1. The minimum atomic E-state index is -2.76. The molecule has 4 atom stereocenters. The lowest BCUT2D eigenvalue weighted by atomic mass is 10.1. The molecule has 0 aliphatic carbocycles. The van der Waals surface area contributed by atoms with Gasteiger partial charge in [-0.3, -0.25) is 19.1 Å². The molecule has 1 fully saturated rings. The molecule has 26 heavy (non-hydrogen) atoms. The van der Waals surface area contributed by atoms with Crippen LogP contribution in [0.4, 0.5) is 4.39 Å². The largest absolute Gasteiger partial charge is 0.458 e. The van der Waals surface area contributed by atoms with Crippen molar-refractivity contribution in [3.63, 3.8) is 0 Å². The molecular weight excluding hydrogens is 353 g/mol. The highest BCUT2D eigenvalue weighted by atomic mass is 19.2. The van der Waals surface area contributed by atoms with E-state index in [1.54, 1.807) is 13.8 Å². The summed E-state index contributed by atoms with van der Waals surface area (Å²) < 4.78 is 33.3. The zero-order chi connectivity index (χ0) is 20.6. The number of hydrogen-bond acceptors (Lipinski definition) is 8. The number of alkyl halides is 1. The van der Waals surface area contributed by atoms with Crippen LogP contribution in [0.25, 0.3) is 0 Å². The van der Waals surface area contributed by atoms with Crippen LogP contribution in [-0.2, 0) is 20.9 Å². The Hall–Kier alpha value is -2.08. The summed E-state index contributed by atoms with van der Waals surface area (Å²) >= 11 is 0. The molecule has 0 aromatic carbocycles. The van der Waals surface area contributed by atoms with Crippen molar-refractivity contribution in [1.29, 1.82) is 0 Å². The van der Waals surface area contributed by atoms with E-state index in [2.05, 4.69) is 0 Å². The predicted molar refractivity (Wildman–Crippen MR) is 85.6 cm³/mol. The number of aromatic amines is 1. The Labute approximate surface area is 148 Å². The lowest BCUT2D eigenvalue weighted by Gasteiger charge is -2.22. The van der Waals surface area contributed by atoms with Gasteiger partial charge in [0.05, 0.1) is 13.5 Å². The van der Waals surface area contributed by atoms with Gasteiger partial charge in [0.25, 0.3) is 5.56 Å². The topological polar surface area (TPSA) is 157 Å². The molecule has 1 aliphatic rings. The van der Waals surface area contributed by atoms with E-state index in [0.717, 1.165) is 6.20 Å². The van der Waals surface area contributed by atoms with Crippen molar-refractivity contribution < 1.29 is 30.2 Å². The Morgan fingerprint density at radius 3 is 2.88 bits per heavy atom. The van der Waals surface area contributed by atoms with Crippen molar-refractivity contribution in [2.75, 3.05) is 6.61 Å². The fourth-order valence-electron chi connectivity index (χ4n) is 2.31. The molecule has 1 aliphatic heterocycles. The number of nitrogens with two attached hydrogens (primary N) is 1. The molecule has 146 valence electrons. The fourth-order valence-corrected chi connectivity index (χ4v) is 2.31. The van der Waals surface area contributed by atoms with Crippen LogP contribution in [0.2, 0.25) is 0 Å². The number of nitrogens with zero attached hydrogens (tertiary/aromatic N) is 1. The Morgan fingerprint density at radius 2 is 2.31 bits per heavy atom. The number of nitrogens with one attached hydrogen (secondary N) is 1. The lowest BCUT2D eigenvalue weighted by molar-refractivity contribution is -0.196. The minimum Gasteiger partial charge on any atom is -0.458 e. The van der Waals surface area contributed by atoms with Crippen LogP contribution in [0, 0.1) is 5.92 Å². The van der Waals surface area contributed by atoms with Gasteiger partial charge in [-0.2, -0.15) is 0 Å². The summed E-state index contributed by atoms with van der Waals surface area (Å²) in [4.78, 5) is 37.1. The number of aliphatic hydroxyl groups excluding tert-OH is 2. The van der Waals surface area contributed by atoms with Gasteiger partial charge in [-0.1, -0.05) is 13.8 Å². The first kappa shape index (κ1) is 18.7. The quantitative estimate of drug-likeness (QED) is 0.437. The third-order valence-electron chi connectivity index (χ3n) is 3.91. The van der Waals surface area contributed by atoms with E-state index < -0.39 is 61.1 Å². The molecule has 0 amide bonds. The molecule has 1 aromatic heterocycles. The summed E-state index contributed by atoms with van der Waals surface area (Å²) in [6.07, 6.45) is -4.47. The third-order valence-corrected chi connectivity index (χ3v) is 3.91. The van der Waals surface area contributed by atoms with E-state index in [1.807, 2.05) is 4.98 Å². The summed E-state index contributed by atoms with van der Waals surface area (Å²) in [5, 5.41) is 19.3. The Balaban J connectivity index is 2.25. The third kappa shape index (κ3) is 4.18. The lowest BCUT2D eigenvalue weighted by Crippen LogP contribution is -2.40. The number of carbonyl (C=O) groups excluding carboxylic acids is 1. The summed E-state index contributed by atoms with van der Waals surface area (Å²) in [6.45, 7) is 1.63. The molecule has 1 aromatic rings. The highest BCUT2D eigenvalue weighted by molar-refractivity contribution is 5.75. The van der Waals surface area contributed by atoms with Crippen LogP contribution < -0.4 is 17.0 Å². The van der Waals surface area contributed by atoms with Gasteiger partial charge in [-0.05, 0) is 5.92 Å². The van der Waals surface area contributed by atoms with Gasteiger partial charge in [-0.25, -0.2) is 9.18 Å². The minimum absolute atomic E-state index is 0.255. The first-order chi connectivity index (χ1) is 12.4. The number of aromatic nitrogens is 2. The molecular formula is C15H22FN3O7. The predicted octanol–water partition coefficient (Wildman–Crippen LogP) is -1.50. The average molecular weight is 376 g/mol. The molecule has 0 saturated carbocycles. The van der Waals surface area contributed by atoms with Crippen LogP contribution in [0.3, 0.4) is 0 Å².